The van der Waals surface area contributed by atoms with Crippen LogP contribution in [0.4, 0.5) is 18.9 Å². The lowest BCUT2D eigenvalue weighted by atomic mass is 10.0. The molecule has 0 atom stereocenters. The Hall–Kier alpha value is -4.37. The Bertz CT molecular complexity index is 1470. The van der Waals surface area contributed by atoms with Crippen molar-refractivity contribution in [2.75, 3.05) is 51.8 Å². The highest BCUT2D eigenvalue weighted by Crippen LogP contribution is 2.37. The van der Waals surface area contributed by atoms with E-state index in [9.17, 15) is 27.6 Å². The van der Waals surface area contributed by atoms with Gasteiger partial charge in [-0.1, -0.05) is 6.42 Å². The molecule has 12 heteroatoms. The number of carbonyl (C=O) groups excluding carboxylic acids is 3. The first-order valence-electron chi connectivity index (χ1n) is 13.9. The molecule has 3 amide bonds. The Morgan fingerprint density at radius 2 is 1.63 bits per heavy atom. The zero-order valence-electron chi connectivity index (χ0n) is 24.3. The lowest BCUT2D eigenvalue weighted by molar-refractivity contribution is -0.138. The molecule has 2 aliphatic rings. The van der Waals surface area contributed by atoms with Crippen molar-refractivity contribution < 1.29 is 37.0 Å². The fourth-order valence-electron chi connectivity index (χ4n) is 5.36. The number of rotatable bonds is 10. The van der Waals surface area contributed by atoms with E-state index in [0.717, 1.165) is 43.4 Å². The van der Waals surface area contributed by atoms with Crippen LogP contribution >= 0.6 is 0 Å². The molecule has 1 saturated heterocycles. The smallest absolute Gasteiger partial charge is 0.417 e. The molecular formula is C31H33F3N4O5. The number of hydrogen-bond acceptors (Lipinski definition) is 7. The summed E-state index contributed by atoms with van der Waals surface area (Å²) in [5, 5.41) is 9.03. The number of anilines is 1. The summed E-state index contributed by atoms with van der Waals surface area (Å²) in [7, 11) is 3.06. The second kappa shape index (κ2) is 13.3. The van der Waals surface area contributed by atoms with E-state index in [1.807, 2.05) is 4.90 Å². The Labute approximate surface area is 248 Å². The average Bonchev–Trinajstić information content (AvgIpc) is 3.22. The maximum absolute atomic E-state index is 13.4. The number of nitrogens with zero attached hydrogens (tertiary/aromatic N) is 4. The number of hydrogen-bond donors (Lipinski definition) is 0. The molecule has 0 radical (unpaired) electrons. The molecule has 2 heterocycles. The quantitative estimate of drug-likeness (QED) is 0.286. The predicted molar refractivity (Wildman–Crippen MR) is 152 cm³/mol. The van der Waals surface area contributed by atoms with E-state index in [4.69, 9.17) is 14.7 Å². The van der Waals surface area contributed by atoms with Crippen LogP contribution in [0.15, 0.2) is 47.5 Å². The summed E-state index contributed by atoms with van der Waals surface area (Å²) in [6, 6.07) is 9.43. The molecule has 228 valence electrons. The molecule has 0 bridgehead atoms. The Kier molecular flexibility index (Phi) is 9.76. The van der Waals surface area contributed by atoms with Crippen molar-refractivity contribution in [1.29, 1.82) is 5.26 Å². The summed E-state index contributed by atoms with van der Waals surface area (Å²) in [5.41, 5.74) is -0.923. The van der Waals surface area contributed by atoms with Crippen molar-refractivity contribution in [2.45, 2.75) is 38.8 Å². The summed E-state index contributed by atoms with van der Waals surface area (Å²) >= 11 is 0. The summed E-state index contributed by atoms with van der Waals surface area (Å²) in [6.07, 6.45) is -2.18. The lowest BCUT2D eigenvalue weighted by Crippen LogP contribution is -2.48. The van der Waals surface area contributed by atoms with Crippen LogP contribution in [0, 0.1) is 11.3 Å². The Balaban J connectivity index is 1.24. The zero-order valence-corrected chi connectivity index (χ0v) is 24.3. The highest BCUT2D eigenvalue weighted by molar-refractivity contribution is 6.32. The SMILES string of the molecule is COc1ccc(C(=O)N2CCN(CCCCCC3=C(C)C(=O)N(c4ccc(C#N)c(C(F)(F)F)c4)C3=O)CC2)cc1OC. The highest BCUT2D eigenvalue weighted by Gasteiger charge is 2.39. The number of nitriles is 1. The van der Waals surface area contributed by atoms with Gasteiger partial charge in [0.05, 0.1) is 37.1 Å². The monoisotopic (exact) mass is 598 g/mol. The first kappa shape index (κ1) is 31.6. The van der Waals surface area contributed by atoms with Gasteiger partial charge in [-0.2, -0.15) is 18.4 Å². The maximum atomic E-state index is 13.4. The molecule has 0 unspecified atom stereocenters. The van der Waals surface area contributed by atoms with E-state index in [-0.39, 0.29) is 17.2 Å². The summed E-state index contributed by atoms with van der Waals surface area (Å²) in [6.45, 7) is 4.98. The van der Waals surface area contributed by atoms with Gasteiger partial charge in [-0.05, 0) is 69.1 Å². The molecule has 0 saturated carbocycles. The van der Waals surface area contributed by atoms with Gasteiger partial charge >= 0.3 is 6.18 Å². The first-order valence-corrected chi connectivity index (χ1v) is 13.9. The third kappa shape index (κ3) is 6.83. The van der Waals surface area contributed by atoms with E-state index >= 15 is 0 Å². The predicted octanol–water partition coefficient (Wildman–Crippen LogP) is 4.80. The van der Waals surface area contributed by atoms with Crippen molar-refractivity contribution >= 4 is 23.4 Å². The molecule has 2 aliphatic heterocycles. The molecule has 43 heavy (non-hydrogen) atoms. The van der Waals surface area contributed by atoms with Gasteiger partial charge in [0, 0.05) is 42.9 Å². The second-order valence-electron chi connectivity index (χ2n) is 10.4. The normalized spacial score (nSPS) is 16.1. The standard InChI is InChI=1S/C31H33F3N4O5/c1-20-24(30(41)38(28(20)39)23-10-8-22(19-35)25(18-23)31(32,33)34)7-5-4-6-12-36-13-15-37(16-14-36)29(40)21-9-11-26(42-2)27(17-21)43-3/h8-11,17-18H,4-7,12-16H2,1-3H3. The van der Waals surface area contributed by atoms with Crippen LogP contribution < -0.4 is 14.4 Å². The highest BCUT2D eigenvalue weighted by atomic mass is 19.4. The van der Waals surface area contributed by atoms with Crippen LogP contribution in [0.25, 0.3) is 0 Å². The largest absolute Gasteiger partial charge is 0.493 e. The molecule has 4 rings (SSSR count). The van der Waals surface area contributed by atoms with Crippen LogP contribution in [0.1, 0.15) is 54.1 Å². The topological polar surface area (TPSA) is 103 Å². The minimum absolute atomic E-state index is 0.0651. The summed E-state index contributed by atoms with van der Waals surface area (Å²) in [5.74, 6) is -0.291. The van der Waals surface area contributed by atoms with Gasteiger partial charge < -0.3 is 14.4 Å². The van der Waals surface area contributed by atoms with Gasteiger partial charge in [-0.3, -0.25) is 19.3 Å². The fourth-order valence-corrected chi connectivity index (χ4v) is 5.36. The first-order chi connectivity index (χ1) is 20.5. The molecule has 0 aliphatic carbocycles. The summed E-state index contributed by atoms with van der Waals surface area (Å²) in [4.78, 5) is 43.7. The van der Waals surface area contributed by atoms with E-state index in [0.29, 0.717) is 54.6 Å². The third-order valence-corrected chi connectivity index (χ3v) is 7.82. The summed E-state index contributed by atoms with van der Waals surface area (Å²) < 4.78 is 50.8. The number of imide groups is 1. The zero-order chi connectivity index (χ0) is 31.3. The Morgan fingerprint density at radius 1 is 0.930 bits per heavy atom. The fraction of sp³-hybridized carbons (Fsp3) is 0.419. The molecular weight excluding hydrogens is 565 g/mol. The number of alkyl halides is 3. The molecule has 2 aromatic rings. The van der Waals surface area contributed by atoms with Gasteiger partial charge in [0.1, 0.15) is 0 Å². The van der Waals surface area contributed by atoms with Crippen molar-refractivity contribution in [3.05, 3.63) is 64.2 Å². The lowest BCUT2D eigenvalue weighted by Gasteiger charge is -2.34. The van der Waals surface area contributed by atoms with Gasteiger partial charge in [-0.15, -0.1) is 0 Å². The maximum Gasteiger partial charge on any atom is 0.417 e. The van der Waals surface area contributed by atoms with E-state index < -0.39 is 29.1 Å². The van der Waals surface area contributed by atoms with Crippen LogP contribution in [-0.2, 0) is 15.8 Å². The third-order valence-electron chi connectivity index (χ3n) is 7.82. The minimum Gasteiger partial charge on any atom is -0.493 e. The van der Waals surface area contributed by atoms with Gasteiger partial charge in [0.2, 0.25) is 0 Å². The van der Waals surface area contributed by atoms with Gasteiger partial charge in [0.15, 0.2) is 11.5 Å². The van der Waals surface area contributed by atoms with E-state index in [2.05, 4.69) is 4.90 Å². The molecule has 0 N–H and O–H groups in total. The number of unbranched alkanes of at least 4 members (excludes halogenated alkanes) is 2. The molecule has 9 nitrogen and oxygen atoms in total. The number of amides is 3. The van der Waals surface area contributed by atoms with Crippen LogP contribution in [0.5, 0.6) is 11.5 Å². The van der Waals surface area contributed by atoms with Crippen LogP contribution in [0.2, 0.25) is 0 Å². The van der Waals surface area contributed by atoms with Crippen molar-refractivity contribution in [3.8, 4) is 17.6 Å². The number of carbonyl (C=O) groups is 3. The number of piperazine rings is 1. The number of methoxy groups -OCH3 is 2. The minimum atomic E-state index is -4.80. The molecule has 0 spiro atoms. The second-order valence-corrected chi connectivity index (χ2v) is 10.4. The number of halogens is 3. The van der Waals surface area contributed by atoms with Crippen LogP contribution in [0.3, 0.4) is 0 Å². The molecule has 1 fully saturated rings. The van der Waals surface area contributed by atoms with Gasteiger partial charge in [-0.25, -0.2) is 4.90 Å². The van der Waals surface area contributed by atoms with Crippen molar-refractivity contribution in [2.24, 2.45) is 0 Å². The Morgan fingerprint density at radius 3 is 2.26 bits per heavy atom. The van der Waals surface area contributed by atoms with Crippen molar-refractivity contribution in [3.63, 3.8) is 0 Å². The van der Waals surface area contributed by atoms with E-state index in [1.54, 1.807) is 18.2 Å². The number of benzene rings is 2. The van der Waals surface area contributed by atoms with Crippen LogP contribution in [-0.4, -0.2) is 74.5 Å². The van der Waals surface area contributed by atoms with Gasteiger partial charge in [0.25, 0.3) is 17.7 Å². The average molecular weight is 599 g/mol. The number of ether oxygens (including phenoxy) is 2. The molecule has 2 aromatic carbocycles. The molecule has 0 aromatic heterocycles. The van der Waals surface area contributed by atoms with Crippen molar-refractivity contribution in [1.82, 2.24) is 9.80 Å². The van der Waals surface area contributed by atoms with E-state index in [1.165, 1.54) is 33.3 Å².